The molecule has 0 radical (unpaired) electrons. The van der Waals surface area contributed by atoms with Crippen molar-refractivity contribution in [2.75, 3.05) is 6.61 Å². The number of ether oxygens (including phenoxy) is 1. The molecular weight excluding hydrogens is 372 g/mol. The van der Waals surface area contributed by atoms with Gasteiger partial charge in [0.1, 0.15) is 0 Å². The minimum atomic E-state index is -2.11. The molecular formula is C27H30O3. The van der Waals surface area contributed by atoms with Gasteiger partial charge >= 0.3 is 0 Å². The summed E-state index contributed by atoms with van der Waals surface area (Å²) in [6.45, 7) is 6.86. The quantitative estimate of drug-likeness (QED) is 0.445. The Bertz CT molecular complexity index is 991. The van der Waals surface area contributed by atoms with Gasteiger partial charge in [-0.2, -0.15) is 0 Å². The number of hydrogen-bond donors (Lipinski definition) is 2. The second-order valence-electron chi connectivity index (χ2n) is 8.97. The summed E-state index contributed by atoms with van der Waals surface area (Å²) >= 11 is 0. The second kappa shape index (κ2) is 7.66. The number of rotatable bonds is 7. The number of hydrogen-bond acceptors (Lipinski definition) is 3. The number of benzene rings is 3. The molecule has 0 spiro atoms. The second-order valence-corrected chi connectivity index (χ2v) is 8.97. The molecule has 1 heterocycles. The molecule has 0 aliphatic carbocycles. The monoisotopic (exact) mass is 402 g/mol. The van der Waals surface area contributed by atoms with Crippen molar-refractivity contribution in [1.29, 1.82) is 0 Å². The lowest BCUT2D eigenvalue weighted by Gasteiger charge is -2.52. The van der Waals surface area contributed by atoms with Crippen molar-refractivity contribution < 1.29 is 14.9 Å². The van der Waals surface area contributed by atoms with Crippen LogP contribution in [0.4, 0.5) is 0 Å². The highest BCUT2D eigenvalue weighted by molar-refractivity contribution is 5.44. The summed E-state index contributed by atoms with van der Waals surface area (Å²) in [6, 6.07) is 27.5. The van der Waals surface area contributed by atoms with Crippen LogP contribution in [-0.2, 0) is 27.8 Å². The van der Waals surface area contributed by atoms with Crippen LogP contribution in [0.1, 0.15) is 43.0 Å². The van der Waals surface area contributed by atoms with Crippen molar-refractivity contribution in [3.8, 4) is 0 Å². The average molecular weight is 403 g/mol. The van der Waals surface area contributed by atoms with Gasteiger partial charge in [-0.25, -0.2) is 0 Å². The fraction of sp³-hybridized carbons (Fsp3) is 0.333. The summed E-state index contributed by atoms with van der Waals surface area (Å²) in [6.07, 6.45) is 0.836. The standard InChI is InChI=1S/C27H30O3/c1-25(2,21-13-6-4-7-14-21)26(3,22-15-8-5-9-16-22)27(28,29)24-17-11-10-12-20(24)18-23-19-30-23/h4-17,23,28-29H,18-19H2,1-3H3. The molecule has 0 amide bonds. The lowest BCUT2D eigenvalue weighted by atomic mass is 9.54. The summed E-state index contributed by atoms with van der Waals surface area (Å²) in [7, 11) is 0. The van der Waals surface area contributed by atoms with Crippen LogP contribution in [0, 0.1) is 0 Å². The zero-order valence-corrected chi connectivity index (χ0v) is 17.9. The van der Waals surface area contributed by atoms with Gasteiger partial charge in [-0.3, -0.25) is 0 Å². The van der Waals surface area contributed by atoms with Crippen molar-refractivity contribution in [1.82, 2.24) is 0 Å². The summed E-state index contributed by atoms with van der Waals surface area (Å²) in [5.41, 5.74) is 1.74. The maximum absolute atomic E-state index is 12.0. The molecule has 0 bridgehead atoms. The van der Waals surface area contributed by atoms with E-state index < -0.39 is 16.6 Å². The Kier molecular flexibility index (Phi) is 5.31. The van der Waals surface area contributed by atoms with E-state index in [1.807, 2.05) is 79.7 Å². The van der Waals surface area contributed by atoms with Crippen molar-refractivity contribution in [2.45, 2.75) is 49.9 Å². The van der Waals surface area contributed by atoms with E-state index in [2.05, 4.69) is 26.0 Å². The van der Waals surface area contributed by atoms with Gasteiger partial charge in [0, 0.05) is 17.4 Å². The fourth-order valence-corrected chi connectivity index (χ4v) is 4.65. The van der Waals surface area contributed by atoms with Gasteiger partial charge in [0.05, 0.1) is 18.1 Å². The van der Waals surface area contributed by atoms with Crippen molar-refractivity contribution in [2.24, 2.45) is 0 Å². The minimum absolute atomic E-state index is 0.159. The van der Waals surface area contributed by atoms with Crippen molar-refractivity contribution in [3.05, 3.63) is 107 Å². The Morgan fingerprint density at radius 1 is 0.767 bits per heavy atom. The van der Waals surface area contributed by atoms with Gasteiger partial charge in [0.15, 0.2) is 0 Å². The molecule has 1 aliphatic rings. The first-order valence-electron chi connectivity index (χ1n) is 10.5. The van der Waals surface area contributed by atoms with Gasteiger partial charge in [-0.15, -0.1) is 0 Å². The highest BCUT2D eigenvalue weighted by atomic mass is 16.6. The van der Waals surface area contributed by atoms with Crippen LogP contribution < -0.4 is 0 Å². The fourth-order valence-electron chi connectivity index (χ4n) is 4.65. The molecule has 3 heteroatoms. The SMILES string of the molecule is CC(C)(c1ccccc1)C(C)(c1ccccc1)C(O)(O)c1ccccc1CC1CO1. The van der Waals surface area contributed by atoms with Crippen LogP contribution >= 0.6 is 0 Å². The predicted octanol–water partition coefficient (Wildman–Crippen LogP) is 4.70. The first kappa shape index (κ1) is 20.8. The Balaban J connectivity index is 1.93. The lowest BCUT2D eigenvalue weighted by molar-refractivity contribution is -0.236. The van der Waals surface area contributed by atoms with Crippen LogP contribution in [0.25, 0.3) is 0 Å². The summed E-state index contributed by atoms with van der Waals surface area (Å²) in [5, 5.41) is 24.0. The molecule has 1 saturated heterocycles. The molecule has 3 aromatic carbocycles. The van der Waals surface area contributed by atoms with Crippen LogP contribution in [-0.4, -0.2) is 22.9 Å². The van der Waals surface area contributed by atoms with Gasteiger partial charge in [-0.1, -0.05) is 98.8 Å². The first-order valence-corrected chi connectivity index (χ1v) is 10.5. The zero-order valence-electron chi connectivity index (χ0n) is 17.9. The van der Waals surface area contributed by atoms with Crippen LogP contribution in [0.2, 0.25) is 0 Å². The molecule has 3 aromatic rings. The maximum atomic E-state index is 12.0. The topological polar surface area (TPSA) is 53.0 Å². The molecule has 2 N–H and O–H groups in total. The van der Waals surface area contributed by atoms with E-state index in [0.29, 0.717) is 12.0 Å². The molecule has 2 unspecified atom stereocenters. The van der Waals surface area contributed by atoms with Crippen molar-refractivity contribution >= 4 is 0 Å². The molecule has 1 fully saturated rings. The van der Waals surface area contributed by atoms with E-state index in [4.69, 9.17) is 4.74 Å². The molecule has 30 heavy (non-hydrogen) atoms. The van der Waals surface area contributed by atoms with Gasteiger partial charge in [-0.05, 0) is 23.6 Å². The third kappa shape index (κ3) is 3.37. The Hall–Kier alpha value is -2.46. The largest absolute Gasteiger partial charge is 0.373 e. The summed E-state index contributed by atoms with van der Waals surface area (Å²) in [5.74, 6) is -2.11. The van der Waals surface area contributed by atoms with Crippen LogP contribution in [0.3, 0.4) is 0 Å². The smallest absolute Gasteiger partial charge is 0.200 e. The highest BCUT2D eigenvalue weighted by Crippen LogP contribution is 2.54. The third-order valence-corrected chi connectivity index (χ3v) is 7.04. The molecule has 1 aliphatic heterocycles. The Morgan fingerprint density at radius 3 is 1.83 bits per heavy atom. The van der Waals surface area contributed by atoms with E-state index in [-0.39, 0.29) is 6.10 Å². The van der Waals surface area contributed by atoms with Crippen LogP contribution in [0.15, 0.2) is 84.9 Å². The highest BCUT2D eigenvalue weighted by Gasteiger charge is 2.58. The molecule has 4 rings (SSSR count). The molecule has 3 nitrogen and oxygen atoms in total. The van der Waals surface area contributed by atoms with E-state index in [1.54, 1.807) is 0 Å². The van der Waals surface area contributed by atoms with E-state index in [0.717, 1.165) is 23.3 Å². The van der Waals surface area contributed by atoms with E-state index >= 15 is 0 Å². The zero-order chi connectivity index (χ0) is 21.4. The molecule has 0 aromatic heterocycles. The Morgan fingerprint density at radius 2 is 1.27 bits per heavy atom. The van der Waals surface area contributed by atoms with E-state index in [9.17, 15) is 10.2 Å². The van der Waals surface area contributed by atoms with E-state index in [1.165, 1.54) is 0 Å². The van der Waals surface area contributed by atoms with Crippen LogP contribution in [0.5, 0.6) is 0 Å². The molecule has 2 atom stereocenters. The average Bonchev–Trinajstić information content (AvgIpc) is 3.58. The lowest BCUT2D eigenvalue weighted by Crippen LogP contribution is -2.58. The normalized spacial score (nSPS) is 18.6. The predicted molar refractivity (Wildman–Crippen MR) is 119 cm³/mol. The maximum Gasteiger partial charge on any atom is 0.200 e. The number of aliphatic hydroxyl groups is 2. The third-order valence-electron chi connectivity index (χ3n) is 7.04. The van der Waals surface area contributed by atoms with Gasteiger partial charge in [0.25, 0.3) is 0 Å². The first-order chi connectivity index (χ1) is 14.3. The minimum Gasteiger partial charge on any atom is -0.373 e. The van der Waals surface area contributed by atoms with Gasteiger partial charge < -0.3 is 14.9 Å². The number of epoxide rings is 1. The van der Waals surface area contributed by atoms with Gasteiger partial charge in [0.2, 0.25) is 5.79 Å². The molecule has 156 valence electrons. The molecule has 0 saturated carbocycles. The van der Waals surface area contributed by atoms with Crippen molar-refractivity contribution in [3.63, 3.8) is 0 Å². The Labute approximate surface area is 179 Å². The summed E-state index contributed by atoms with van der Waals surface area (Å²) in [4.78, 5) is 0. The summed E-state index contributed by atoms with van der Waals surface area (Å²) < 4.78 is 5.42.